The molecule has 2 rings (SSSR count). The van der Waals surface area contributed by atoms with E-state index in [1.807, 2.05) is 0 Å². The summed E-state index contributed by atoms with van der Waals surface area (Å²) in [5, 5.41) is 11.3. The maximum absolute atomic E-state index is 11.9. The molecule has 0 radical (unpaired) electrons. The highest BCUT2D eigenvalue weighted by molar-refractivity contribution is 8.00. The number of thioether (sulfide) groups is 1. The molecule has 2 heterocycles. The summed E-state index contributed by atoms with van der Waals surface area (Å²) in [4.78, 5) is 26.5. The summed E-state index contributed by atoms with van der Waals surface area (Å²) in [5.41, 5.74) is 0.499. The van der Waals surface area contributed by atoms with Gasteiger partial charge in [0, 0.05) is 6.08 Å². The van der Waals surface area contributed by atoms with Crippen molar-refractivity contribution in [2.75, 3.05) is 11.1 Å². The highest BCUT2D eigenvalue weighted by atomic mass is 32.2. The van der Waals surface area contributed by atoms with E-state index in [1.54, 1.807) is 30.0 Å². The van der Waals surface area contributed by atoms with Crippen molar-refractivity contribution in [1.29, 1.82) is 0 Å². The lowest BCUT2D eigenvalue weighted by atomic mass is 10.2. The normalized spacial score (nSPS) is 18.6. The third-order valence-electron chi connectivity index (χ3n) is 2.64. The zero-order valence-corrected chi connectivity index (χ0v) is 11.0. The van der Waals surface area contributed by atoms with Crippen LogP contribution in [0.4, 0.5) is 5.82 Å². The lowest BCUT2D eigenvalue weighted by Crippen LogP contribution is -2.23. The smallest absolute Gasteiger partial charge is 0.328 e. The molecule has 19 heavy (non-hydrogen) atoms. The molecule has 1 aliphatic heterocycles. The Morgan fingerprint density at radius 3 is 3.00 bits per heavy atom. The highest BCUT2D eigenvalue weighted by Crippen LogP contribution is 2.26. The number of nitrogens with zero attached hydrogens (tertiary/aromatic N) is 1. The largest absolute Gasteiger partial charge is 0.478 e. The topological polar surface area (TPSA) is 79.3 Å². The van der Waals surface area contributed by atoms with Crippen molar-refractivity contribution in [1.82, 2.24) is 4.98 Å². The van der Waals surface area contributed by atoms with Crippen molar-refractivity contribution in [3.8, 4) is 0 Å². The number of anilines is 1. The van der Waals surface area contributed by atoms with E-state index in [-0.39, 0.29) is 11.2 Å². The lowest BCUT2D eigenvalue weighted by Gasteiger charge is -2.09. The quantitative estimate of drug-likeness (QED) is 0.824. The molecular weight excluding hydrogens is 264 g/mol. The van der Waals surface area contributed by atoms with Crippen LogP contribution in [-0.2, 0) is 9.59 Å². The molecule has 0 spiro atoms. The van der Waals surface area contributed by atoms with Gasteiger partial charge < -0.3 is 10.4 Å². The first-order valence-electron chi connectivity index (χ1n) is 5.96. The van der Waals surface area contributed by atoms with Crippen molar-refractivity contribution in [3.05, 3.63) is 30.0 Å². The number of hydrogen-bond donors (Lipinski definition) is 2. The Balaban J connectivity index is 2.02. The lowest BCUT2D eigenvalue weighted by molar-refractivity contribution is -0.131. The van der Waals surface area contributed by atoms with Crippen LogP contribution in [0.2, 0.25) is 0 Å². The van der Waals surface area contributed by atoms with E-state index in [0.717, 1.165) is 24.7 Å². The van der Waals surface area contributed by atoms with Crippen LogP contribution in [0, 0.1) is 0 Å². The number of carbonyl (C=O) groups is 2. The van der Waals surface area contributed by atoms with Crippen LogP contribution < -0.4 is 5.32 Å². The van der Waals surface area contributed by atoms with Crippen molar-refractivity contribution >= 4 is 35.5 Å². The SMILES string of the molecule is O=C(O)C=Cc1cccc(NC(=O)C2CCCS2)n1. The third-order valence-corrected chi connectivity index (χ3v) is 4.02. The van der Waals surface area contributed by atoms with E-state index in [0.29, 0.717) is 11.5 Å². The molecule has 100 valence electrons. The molecule has 1 amide bonds. The van der Waals surface area contributed by atoms with Crippen LogP contribution in [0.3, 0.4) is 0 Å². The van der Waals surface area contributed by atoms with E-state index in [1.165, 1.54) is 6.08 Å². The number of rotatable bonds is 4. The molecule has 6 heteroatoms. The number of carbonyl (C=O) groups excluding carboxylic acids is 1. The van der Waals surface area contributed by atoms with E-state index in [9.17, 15) is 9.59 Å². The number of carboxylic acid groups (broad SMARTS) is 1. The molecule has 1 atom stereocenters. The molecule has 1 aromatic rings. The van der Waals surface area contributed by atoms with Crippen LogP contribution in [-0.4, -0.2) is 33.0 Å². The predicted molar refractivity (Wildman–Crippen MR) is 75.0 cm³/mol. The summed E-state index contributed by atoms with van der Waals surface area (Å²) in [6.07, 6.45) is 4.37. The minimum atomic E-state index is -1.03. The number of amides is 1. The van der Waals surface area contributed by atoms with Crippen LogP contribution >= 0.6 is 11.8 Å². The standard InChI is InChI=1S/C13H14N2O3S/c16-12(17)7-6-9-3-1-5-11(14-9)15-13(18)10-4-2-8-19-10/h1,3,5-7,10H,2,4,8H2,(H,16,17)(H,14,15,18). The van der Waals surface area contributed by atoms with E-state index < -0.39 is 5.97 Å². The van der Waals surface area contributed by atoms with Gasteiger partial charge in [0.15, 0.2) is 0 Å². The Bertz CT molecular complexity index is 510. The van der Waals surface area contributed by atoms with Crippen molar-refractivity contribution in [2.45, 2.75) is 18.1 Å². The maximum atomic E-state index is 11.9. The summed E-state index contributed by atoms with van der Waals surface area (Å²) < 4.78 is 0. The first kappa shape index (κ1) is 13.6. The average molecular weight is 278 g/mol. The number of pyridine rings is 1. The second-order valence-corrected chi connectivity index (χ2v) is 5.42. The van der Waals surface area contributed by atoms with Gasteiger partial charge in [0.25, 0.3) is 0 Å². The first-order valence-corrected chi connectivity index (χ1v) is 7.00. The molecule has 0 aliphatic carbocycles. The summed E-state index contributed by atoms with van der Waals surface area (Å²) in [7, 11) is 0. The van der Waals surface area contributed by atoms with Crippen molar-refractivity contribution in [2.24, 2.45) is 0 Å². The number of carboxylic acids is 1. The molecule has 1 unspecified atom stereocenters. The van der Waals surface area contributed by atoms with Gasteiger partial charge in [-0.2, -0.15) is 0 Å². The Hall–Kier alpha value is -1.82. The Morgan fingerprint density at radius 2 is 2.32 bits per heavy atom. The molecule has 1 aliphatic rings. The summed E-state index contributed by atoms with van der Waals surface area (Å²) in [6.45, 7) is 0. The molecule has 5 nitrogen and oxygen atoms in total. The fraction of sp³-hybridized carbons (Fsp3) is 0.308. The zero-order valence-electron chi connectivity index (χ0n) is 10.2. The summed E-state index contributed by atoms with van der Waals surface area (Å²) in [6, 6.07) is 5.10. The van der Waals surface area contributed by atoms with Gasteiger partial charge in [0.2, 0.25) is 5.91 Å². The predicted octanol–water partition coefficient (Wildman–Crippen LogP) is 2.01. The average Bonchev–Trinajstić information content (AvgIpc) is 2.91. The van der Waals surface area contributed by atoms with Gasteiger partial charge in [0.05, 0.1) is 10.9 Å². The minimum Gasteiger partial charge on any atom is -0.478 e. The second-order valence-electron chi connectivity index (χ2n) is 4.11. The van der Waals surface area contributed by atoms with Crippen molar-refractivity contribution in [3.63, 3.8) is 0 Å². The fourth-order valence-electron chi connectivity index (χ4n) is 1.76. The first-order chi connectivity index (χ1) is 9.15. The molecule has 0 saturated carbocycles. The fourth-order valence-corrected chi connectivity index (χ4v) is 2.92. The van der Waals surface area contributed by atoms with Crippen LogP contribution in [0.1, 0.15) is 18.5 Å². The number of hydrogen-bond acceptors (Lipinski definition) is 4. The number of aliphatic carboxylic acids is 1. The summed E-state index contributed by atoms with van der Waals surface area (Å²) in [5.74, 6) is 0.408. The molecular formula is C13H14N2O3S. The summed E-state index contributed by atoms with van der Waals surface area (Å²) >= 11 is 1.66. The molecule has 1 saturated heterocycles. The highest BCUT2D eigenvalue weighted by Gasteiger charge is 2.23. The molecule has 0 aromatic carbocycles. The number of aromatic nitrogens is 1. The van der Waals surface area contributed by atoms with E-state index >= 15 is 0 Å². The van der Waals surface area contributed by atoms with Gasteiger partial charge in [0.1, 0.15) is 5.82 Å². The van der Waals surface area contributed by atoms with Gasteiger partial charge in [-0.3, -0.25) is 4.79 Å². The van der Waals surface area contributed by atoms with Crippen LogP contribution in [0.15, 0.2) is 24.3 Å². The zero-order chi connectivity index (χ0) is 13.7. The Morgan fingerprint density at radius 1 is 1.47 bits per heavy atom. The molecule has 2 N–H and O–H groups in total. The van der Waals surface area contributed by atoms with Crippen LogP contribution in [0.5, 0.6) is 0 Å². The van der Waals surface area contributed by atoms with E-state index in [2.05, 4.69) is 10.3 Å². The van der Waals surface area contributed by atoms with Gasteiger partial charge in [-0.1, -0.05) is 6.07 Å². The Kier molecular flexibility index (Phi) is 4.57. The van der Waals surface area contributed by atoms with Gasteiger partial charge in [-0.05, 0) is 36.8 Å². The van der Waals surface area contributed by atoms with Gasteiger partial charge >= 0.3 is 5.97 Å². The molecule has 1 fully saturated rings. The van der Waals surface area contributed by atoms with E-state index in [4.69, 9.17) is 5.11 Å². The van der Waals surface area contributed by atoms with Crippen LogP contribution in [0.25, 0.3) is 6.08 Å². The molecule has 1 aromatic heterocycles. The van der Waals surface area contributed by atoms with Crippen molar-refractivity contribution < 1.29 is 14.7 Å². The number of nitrogens with one attached hydrogen (secondary N) is 1. The molecule has 0 bridgehead atoms. The maximum Gasteiger partial charge on any atom is 0.328 e. The second kappa shape index (κ2) is 6.38. The van der Waals surface area contributed by atoms with Gasteiger partial charge in [-0.25, -0.2) is 9.78 Å². The minimum absolute atomic E-state index is 0.0000165. The Labute approximate surface area is 115 Å². The van der Waals surface area contributed by atoms with Gasteiger partial charge in [-0.15, -0.1) is 11.8 Å². The third kappa shape index (κ3) is 4.10. The monoisotopic (exact) mass is 278 g/mol.